The molecule has 4 nitrogen and oxygen atoms in total. The molecule has 0 radical (unpaired) electrons. The minimum atomic E-state index is 0.353. The van der Waals surface area contributed by atoms with Gasteiger partial charge in [0.15, 0.2) is 0 Å². The van der Waals surface area contributed by atoms with Crippen molar-refractivity contribution >= 4 is 28.7 Å². The molecule has 0 bridgehead atoms. The topological polar surface area (TPSA) is 51.4 Å². The smallest absolute Gasteiger partial charge is 0.132 e. The first-order chi connectivity index (χ1) is 9.11. The number of anilines is 2. The maximum Gasteiger partial charge on any atom is 0.132 e. The average Bonchev–Trinajstić information content (AvgIpc) is 2.46. The minimum absolute atomic E-state index is 0.353. The van der Waals surface area contributed by atoms with Crippen LogP contribution in [0.5, 0.6) is 5.75 Å². The number of pyridine rings is 1. The average molecular weight is 273 g/mol. The molecule has 0 aliphatic heterocycles. The summed E-state index contributed by atoms with van der Waals surface area (Å²) in [5.41, 5.74) is 7.34. The SMILES string of the molecule is COc1ccc(N(C)c2ccc(C(N)=S)cn2)cc1. The van der Waals surface area contributed by atoms with Crippen molar-refractivity contribution in [3.8, 4) is 5.75 Å². The number of nitrogens with two attached hydrogens (primary N) is 1. The zero-order valence-corrected chi connectivity index (χ0v) is 11.6. The van der Waals surface area contributed by atoms with Gasteiger partial charge in [-0.2, -0.15) is 0 Å². The van der Waals surface area contributed by atoms with Gasteiger partial charge in [-0.25, -0.2) is 4.98 Å². The van der Waals surface area contributed by atoms with Gasteiger partial charge in [0.2, 0.25) is 0 Å². The Bertz CT molecular complexity index is 566. The minimum Gasteiger partial charge on any atom is -0.497 e. The molecule has 1 aromatic carbocycles. The monoisotopic (exact) mass is 273 g/mol. The third kappa shape index (κ3) is 3.00. The van der Waals surface area contributed by atoms with Crippen LogP contribution in [0.1, 0.15) is 5.56 Å². The van der Waals surface area contributed by atoms with Gasteiger partial charge < -0.3 is 15.4 Å². The maximum atomic E-state index is 5.55. The maximum absolute atomic E-state index is 5.55. The van der Waals surface area contributed by atoms with Crippen molar-refractivity contribution in [1.82, 2.24) is 4.98 Å². The molecule has 2 rings (SSSR count). The van der Waals surface area contributed by atoms with E-state index < -0.39 is 0 Å². The number of rotatable bonds is 4. The van der Waals surface area contributed by atoms with E-state index in [2.05, 4.69) is 4.98 Å². The molecule has 2 aromatic rings. The number of hydrogen-bond donors (Lipinski definition) is 1. The van der Waals surface area contributed by atoms with E-state index >= 15 is 0 Å². The Balaban J connectivity index is 2.22. The Morgan fingerprint density at radius 3 is 2.37 bits per heavy atom. The van der Waals surface area contributed by atoms with Crippen LogP contribution >= 0.6 is 12.2 Å². The molecule has 0 spiro atoms. The zero-order valence-electron chi connectivity index (χ0n) is 10.8. The summed E-state index contributed by atoms with van der Waals surface area (Å²) in [5.74, 6) is 1.65. The first-order valence-corrected chi connectivity index (χ1v) is 6.16. The van der Waals surface area contributed by atoms with Crippen LogP contribution in [0.4, 0.5) is 11.5 Å². The van der Waals surface area contributed by atoms with E-state index in [1.54, 1.807) is 13.3 Å². The predicted octanol–water partition coefficient (Wildman–Crippen LogP) is 2.49. The summed E-state index contributed by atoms with van der Waals surface area (Å²) < 4.78 is 5.13. The molecule has 0 amide bonds. The standard InChI is InChI=1S/C14H15N3OS/c1-17(11-4-6-12(18-2)7-5-11)13-8-3-10(9-16-13)14(15)19/h3-9H,1-2H3,(H2,15,19). The van der Waals surface area contributed by atoms with Gasteiger partial charge >= 0.3 is 0 Å². The summed E-state index contributed by atoms with van der Waals surface area (Å²) in [6.07, 6.45) is 1.68. The van der Waals surface area contributed by atoms with Gasteiger partial charge in [0, 0.05) is 24.5 Å². The lowest BCUT2D eigenvalue weighted by molar-refractivity contribution is 0.415. The molecule has 5 heteroatoms. The fourth-order valence-corrected chi connectivity index (χ4v) is 1.79. The Hall–Kier alpha value is -2.14. The van der Waals surface area contributed by atoms with E-state index in [4.69, 9.17) is 22.7 Å². The van der Waals surface area contributed by atoms with Crippen molar-refractivity contribution in [3.63, 3.8) is 0 Å². The van der Waals surface area contributed by atoms with Crippen molar-refractivity contribution in [2.24, 2.45) is 5.73 Å². The van der Waals surface area contributed by atoms with E-state index in [1.165, 1.54) is 0 Å². The number of ether oxygens (including phenoxy) is 1. The molecule has 1 heterocycles. The van der Waals surface area contributed by atoms with Gasteiger partial charge in [-0.1, -0.05) is 12.2 Å². The lowest BCUT2D eigenvalue weighted by Crippen LogP contribution is -2.13. The van der Waals surface area contributed by atoms with Crippen LogP contribution in [0.3, 0.4) is 0 Å². The Morgan fingerprint density at radius 2 is 1.89 bits per heavy atom. The Kier molecular flexibility index (Phi) is 3.97. The van der Waals surface area contributed by atoms with Gasteiger partial charge in [0.1, 0.15) is 16.6 Å². The number of nitrogens with zero attached hydrogens (tertiary/aromatic N) is 2. The van der Waals surface area contributed by atoms with E-state index in [9.17, 15) is 0 Å². The van der Waals surface area contributed by atoms with Crippen LogP contribution in [-0.4, -0.2) is 24.1 Å². The molecule has 0 saturated heterocycles. The first-order valence-electron chi connectivity index (χ1n) is 5.75. The van der Waals surface area contributed by atoms with Crippen LogP contribution in [0, 0.1) is 0 Å². The Morgan fingerprint density at radius 1 is 1.21 bits per heavy atom. The molecule has 2 N–H and O–H groups in total. The molecule has 0 atom stereocenters. The number of aromatic nitrogens is 1. The first kappa shape index (κ1) is 13.3. The van der Waals surface area contributed by atoms with Crippen LogP contribution < -0.4 is 15.4 Å². The van der Waals surface area contributed by atoms with Crippen molar-refractivity contribution in [2.75, 3.05) is 19.1 Å². The number of methoxy groups -OCH3 is 1. The number of benzene rings is 1. The quantitative estimate of drug-likeness (QED) is 0.867. The van der Waals surface area contributed by atoms with Crippen LogP contribution in [-0.2, 0) is 0 Å². The third-order valence-corrected chi connectivity index (χ3v) is 3.07. The highest BCUT2D eigenvalue weighted by Gasteiger charge is 2.06. The van der Waals surface area contributed by atoms with Crippen LogP contribution in [0.2, 0.25) is 0 Å². The highest BCUT2D eigenvalue weighted by Crippen LogP contribution is 2.23. The van der Waals surface area contributed by atoms with Crippen molar-refractivity contribution in [3.05, 3.63) is 48.2 Å². The largest absolute Gasteiger partial charge is 0.497 e. The van der Waals surface area contributed by atoms with Crippen LogP contribution in [0.15, 0.2) is 42.6 Å². The molecule has 0 aliphatic carbocycles. The normalized spacial score (nSPS) is 10.0. The molecular formula is C14H15N3OS. The van der Waals surface area contributed by atoms with Crippen molar-refractivity contribution in [2.45, 2.75) is 0 Å². The van der Waals surface area contributed by atoms with Gasteiger partial charge in [-0.15, -0.1) is 0 Å². The van der Waals surface area contributed by atoms with E-state index in [-0.39, 0.29) is 0 Å². The van der Waals surface area contributed by atoms with Gasteiger partial charge in [-0.05, 0) is 36.4 Å². The summed E-state index contributed by atoms with van der Waals surface area (Å²) in [7, 11) is 3.60. The summed E-state index contributed by atoms with van der Waals surface area (Å²) in [4.78, 5) is 6.67. The van der Waals surface area contributed by atoms with Gasteiger partial charge in [0.05, 0.1) is 7.11 Å². The predicted molar refractivity (Wildman–Crippen MR) is 81.2 cm³/mol. The highest BCUT2D eigenvalue weighted by molar-refractivity contribution is 7.80. The fourth-order valence-electron chi connectivity index (χ4n) is 1.67. The molecule has 19 heavy (non-hydrogen) atoms. The molecule has 0 aliphatic rings. The zero-order chi connectivity index (χ0) is 13.8. The molecular weight excluding hydrogens is 258 g/mol. The molecule has 98 valence electrons. The second kappa shape index (κ2) is 5.67. The summed E-state index contributed by atoms with van der Waals surface area (Å²) in [6, 6.07) is 11.5. The third-order valence-electron chi connectivity index (χ3n) is 2.84. The second-order valence-electron chi connectivity index (χ2n) is 4.03. The number of thiocarbonyl (C=S) groups is 1. The lowest BCUT2D eigenvalue weighted by Gasteiger charge is -2.18. The van der Waals surface area contributed by atoms with Gasteiger partial charge in [0.25, 0.3) is 0 Å². The van der Waals surface area contributed by atoms with E-state index in [1.807, 2.05) is 48.3 Å². The summed E-state index contributed by atoms with van der Waals surface area (Å²) in [5, 5.41) is 0. The van der Waals surface area contributed by atoms with E-state index in [0.717, 1.165) is 22.8 Å². The fraction of sp³-hybridized carbons (Fsp3) is 0.143. The van der Waals surface area contributed by atoms with Crippen molar-refractivity contribution < 1.29 is 4.74 Å². The highest BCUT2D eigenvalue weighted by atomic mass is 32.1. The van der Waals surface area contributed by atoms with E-state index in [0.29, 0.717) is 4.99 Å². The molecule has 0 fully saturated rings. The molecule has 0 saturated carbocycles. The molecule has 0 unspecified atom stereocenters. The van der Waals surface area contributed by atoms with Crippen molar-refractivity contribution in [1.29, 1.82) is 0 Å². The lowest BCUT2D eigenvalue weighted by atomic mass is 10.2. The van der Waals surface area contributed by atoms with Gasteiger partial charge in [-0.3, -0.25) is 0 Å². The summed E-state index contributed by atoms with van der Waals surface area (Å²) >= 11 is 4.90. The Labute approximate surface area is 117 Å². The number of hydrogen-bond acceptors (Lipinski definition) is 4. The second-order valence-corrected chi connectivity index (χ2v) is 4.47. The van der Waals surface area contributed by atoms with Crippen LogP contribution in [0.25, 0.3) is 0 Å². The molecule has 1 aromatic heterocycles. The summed E-state index contributed by atoms with van der Waals surface area (Å²) in [6.45, 7) is 0.